The molecule has 2 aliphatic rings. The van der Waals surface area contributed by atoms with Crippen LogP contribution < -0.4 is 0 Å². The maximum atomic E-state index is 11.5. The van der Waals surface area contributed by atoms with Gasteiger partial charge in [0.1, 0.15) is 5.78 Å². The minimum Gasteiger partial charge on any atom is -0.373 e. The highest BCUT2D eigenvalue weighted by molar-refractivity contribution is 5.82. The van der Waals surface area contributed by atoms with E-state index in [2.05, 4.69) is 6.07 Å². The molecule has 1 heterocycles. The Balaban J connectivity index is 2.00. The van der Waals surface area contributed by atoms with Crippen molar-refractivity contribution in [3.63, 3.8) is 0 Å². The molecule has 1 aliphatic carbocycles. The van der Waals surface area contributed by atoms with Crippen LogP contribution in [0.1, 0.15) is 32.1 Å². The molecule has 3 heteroatoms. The van der Waals surface area contributed by atoms with Crippen molar-refractivity contribution in [2.75, 3.05) is 0 Å². The first kappa shape index (κ1) is 8.71. The molecule has 1 aliphatic heterocycles. The first-order valence-corrected chi connectivity index (χ1v) is 4.86. The van der Waals surface area contributed by atoms with Gasteiger partial charge in [-0.25, -0.2) is 0 Å². The second kappa shape index (κ2) is 3.47. The summed E-state index contributed by atoms with van der Waals surface area (Å²) >= 11 is 0. The van der Waals surface area contributed by atoms with Crippen LogP contribution in [0.2, 0.25) is 0 Å². The second-order valence-electron chi connectivity index (χ2n) is 3.86. The van der Waals surface area contributed by atoms with E-state index in [4.69, 9.17) is 10.00 Å². The van der Waals surface area contributed by atoms with Crippen LogP contribution in [0.25, 0.3) is 0 Å². The lowest BCUT2D eigenvalue weighted by Gasteiger charge is -2.21. The van der Waals surface area contributed by atoms with Crippen molar-refractivity contribution in [1.82, 2.24) is 0 Å². The topological polar surface area (TPSA) is 50.1 Å². The van der Waals surface area contributed by atoms with Crippen molar-refractivity contribution in [3.8, 4) is 6.07 Å². The lowest BCUT2D eigenvalue weighted by Crippen LogP contribution is -2.28. The van der Waals surface area contributed by atoms with E-state index in [1.807, 2.05) is 0 Å². The monoisotopic (exact) mass is 179 g/mol. The van der Waals surface area contributed by atoms with E-state index in [1.54, 1.807) is 0 Å². The molecule has 0 aromatic rings. The Hall–Kier alpha value is -0.880. The molecule has 0 bridgehead atoms. The van der Waals surface area contributed by atoms with Gasteiger partial charge in [-0.3, -0.25) is 4.79 Å². The molecule has 0 aromatic heterocycles. The number of ketones is 1. The van der Waals surface area contributed by atoms with Crippen LogP contribution in [-0.4, -0.2) is 18.0 Å². The Bertz CT molecular complexity index is 256. The highest BCUT2D eigenvalue weighted by Crippen LogP contribution is 2.36. The third-order valence-electron chi connectivity index (χ3n) is 2.98. The summed E-state index contributed by atoms with van der Waals surface area (Å²) in [6.45, 7) is 0. The number of nitrogens with zero attached hydrogens (tertiary/aromatic N) is 1. The molecule has 2 fully saturated rings. The number of carbonyl (C=O) groups is 1. The van der Waals surface area contributed by atoms with E-state index in [0.717, 1.165) is 19.3 Å². The fraction of sp³-hybridized carbons (Fsp3) is 0.800. The molecule has 1 saturated heterocycles. The van der Waals surface area contributed by atoms with E-state index < -0.39 is 0 Å². The highest BCUT2D eigenvalue weighted by Gasteiger charge is 2.41. The van der Waals surface area contributed by atoms with Gasteiger partial charge in [0, 0.05) is 12.3 Å². The molecule has 13 heavy (non-hydrogen) atoms. The largest absolute Gasteiger partial charge is 0.373 e. The molecule has 3 nitrogen and oxygen atoms in total. The van der Waals surface area contributed by atoms with E-state index in [0.29, 0.717) is 18.6 Å². The van der Waals surface area contributed by atoms with Gasteiger partial charge in [-0.1, -0.05) is 0 Å². The third-order valence-corrected chi connectivity index (χ3v) is 2.98. The number of nitriles is 1. The summed E-state index contributed by atoms with van der Waals surface area (Å²) in [6.07, 6.45) is 4.01. The van der Waals surface area contributed by atoms with E-state index in [-0.39, 0.29) is 18.1 Å². The van der Waals surface area contributed by atoms with Crippen LogP contribution in [0.3, 0.4) is 0 Å². The number of hydrogen-bond acceptors (Lipinski definition) is 3. The molecule has 1 saturated carbocycles. The molecule has 2 rings (SSSR count). The fourth-order valence-electron chi connectivity index (χ4n) is 2.34. The summed E-state index contributed by atoms with van der Waals surface area (Å²) in [5.74, 6) is 0.448. The van der Waals surface area contributed by atoms with Crippen LogP contribution in [0, 0.1) is 17.2 Å². The maximum absolute atomic E-state index is 11.5. The Morgan fingerprint density at radius 1 is 1.62 bits per heavy atom. The summed E-state index contributed by atoms with van der Waals surface area (Å²) in [5, 5.41) is 8.51. The number of rotatable bonds is 1. The number of hydrogen-bond donors (Lipinski definition) is 0. The van der Waals surface area contributed by atoms with Crippen LogP contribution >= 0.6 is 0 Å². The van der Waals surface area contributed by atoms with Crippen molar-refractivity contribution < 1.29 is 9.53 Å². The number of ether oxygens (including phenoxy) is 1. The minimum absolute atomic E-state index is 0.0158. The average molecular weight is 179 g/mol. The van der Waals surface area contributed by atoms with Gasteiger partial charge >= 0.3 is 0 Å². The lowest BCUT2D eigenvalue weighted by atomic mass is 9.84. The third kappa shape index (κ3) is 1.59. The summed E-state index contributed by atoms with van der Waals surface area (Å²) in [7, 11) is 0. The van der Waals surface area contributed by atoms with Gasteiger partial charge in [0.05, 0.1) is 24.7 Å². The second-order valence-corrected chi connectivity index (χ2v) is 3.86. The number of carbonyl (C=O) groups excluding carboxylic acids is 1. The predicted molar refractivity (Wildman–Crippen MR) is 45.9 cm³/mol. The van der Waals surface area contributed by atoms with Gasteiger partial charge in [0.15, 0.2) is 0 Å². The zero-order valence-corrected chi connectivity index (χ0v) is 7.53. The standard InChI is InChI=1S/C10H13NO2/c11-5-4-7-6-8-9(12)2-1-3-10(8)13-7/h7-8,10H,1-4,6H2/t7-,8+,10+/m1/s1. The van der Waals surface area contributed by atoms with Gasteiger partial charge in [-0.2, -0.15) is 5.26 Å². The zero-order chi connectivity index (χ0) is 9.26. The van der Waals surface area contributed by atoms with Gasteiger partial charge in [0.2, 0.25) is 0 Å². The summed E-state index contributed by atoms with van der Waals surface area (Å²) < 4.78 is 5.63. The van der Waals surface area contributed by atoms with Crippen molar-refractivity contribution in [1.29, 1.82) is 5.26 Å². The Morgan fingerprint density at radius 2 is 2.46 bits per heavy atom. The van der Waals surface area contributed by atoms with Crippen molar-refractivity contribution in [2.45, 2.75) is 44.3 Å². The molecule has 0 aromatic carbocycles. The van der Waals surface area contributed by atoms with Crippen molar-refractivity contribution in [2.24, 2.45) is 5.92 Å². The van der Waals surface area contributed by atoms with Gasteiger partial charge in [-0.15, -0.1) is 0 Å². The molecular weight excluding hydrogens is 166 g/mol. The molecule has 3 atom stereocenters. The Kier molecular flexibility index (Phi) is 2.32. The zero-order valence-electron chi connectivity index (χ0n) is 7.53. The molecular formula is C10H13NO2. The van der Waals surface area contributed by atoms with Gasteiger partial charge in [-0.05, 0) is 19.3 Å². The average Bonchev–Trinajstić information content (AvgIpc) is 2.49. The summed E-state index contributed by atoms with van der Waals surface area (Å²) in [6, 6.07) is 2.10. The first-order chi connectivity index (χ1) is 6.31. The van der Waals surface area contributed by atoms with Gasteiger partial charge in [0.25, 0.3) is 0 Å². The molecule has 0 spiro atoms. The van der Waals surface area contributed by atoms with Crippen molar-refractivity contribution >= 4 is 5.78 Å². The SMILES string of the molecule is N#CC[C@@H]1C[C@H]2C(=O)CCC[C@@H]2O1. The summed E-state index contributed by atoms with van der Waals surface area (Å²) in [4.78, 5) is 11.5. The smallest absolute Gasteiger partial charge is 0.138 e. The molecule has 0 N–H and O–H groups in total. The van der Waals surface area contributed by atoms with E-state index >= 15 is 0 Å². The van der Waals surface area contributed by atoms with E-state index in [1.165, 1.54) is 0 Å². The van der Waals surface area contributed by atoms with Crippen LogP contribution in [-0.2, 0) is 9.53 Å². The maximum Gasteiger partial charge on any atom is 0.138 e. The summed E-state index contributed by atoms with van der Waals surface area (Å²) in [5.41, 5.74) is 0. The molecule has 0 amide bonds. The fourth-order valence-corrected chi connectivity index (χ4v) is 2.34. The first-order valence-electron chi connectivity index (χ1n) is 4.86. The lowest BCUT2D eigenvalue weighted by molar-refractivity contribution is -0.127. The van der Waals surface area contributed by atoms with Gasteiger partial charge < -0.3 is 4.74 Å². The molecule has 0 unspecified atom stereocenters. The van der Waals surface area contributed by atoms with E-state index in [9.17, 15) is 4.79 Å². The highest BCUT2D eigenvalue weighted by atomic mass is 16.5. The quantitative estimate of drug-likeness (QED) is 0.611. The van der Waals surface area contributed by atoms with Crippen molar-refractivity contribution in [3.05, 3.63) is 0 Å². The number of Topliss-reactive ketones (excluding diaryl/α,β-unsaturated/α-hetero) is 1. The van der Waals surface area contributed by atoms with Crippen LogP contribution in [0.4, 0.5) is 0 Å². The molecule has 0 radical (unpaired) electrons. The minimum atomic E-state index is 0.0158. The number of fused-ring (bicyclic) bond motifs is 1. The molecule has 70 valence electrons. The van der Waals surface area contributed by atoms with Crippen LogP contribution in [0.15, 0.2) is 0 Å². The van der Waals surface area contributed by atoms with Crippen LogP contribution in [0.5, 0.6) is 0 Å². The Labute approximate surface area is 77.7 Å². The predicted octanol–water partition coefficient (Wildman–Crippen LogP) is 1.43. The Morgan fingerprint density at radius 3 is 3.15 bits per heavy atom. The normalized spacial score (nSPS) is 38.4.